The highest BCUT2D eigenvalue weighted by Gasteiger charge is 2.36. The van der Waals surface area contributed by atoms with Crippen molar-refractivity contribution in [3.05, 3.63) is 52.1 Å². The van der Waals surface area contributed by atoms with Gasteiger partial charge in [-0.1, -0.05) is 6.92 Å². The van der Waals surface area contributed by atoms with E-state index in [-0.39, 0.29) is 12.5 Å². The van der Waals surface area contributed by atoms with E-state index in [1.54, 1.807) is 13.0 Å². The molecule has 0 aliphatic heterocycles. The van der Waals surface area contributed by atoms with E-state index in [9.17, 15) is 9.90 Å². The van der Waals surface area contributed by atoms with Gasteiger partial charge in [0.25, 0.3) is 0 Å². The van der Waals surface area contributed by atoms with E-state index in [1.807, 2.05) is 29.0 Å². The molecule has 0 aromatic carbocycles. The number of hydrogen-bond acceptors (Lipinski definition) is 4. The Hall–Kier alpha value is -1.85. The number of carbonyl (C=O) groups excluding carboxylic acids is 1. The fourth-order valence-electron chi connectivity index (χ4n) is 2.52. The van der Waals surface area contributed by atoms with Crippen LogP contribution in [0.2, 0.25) is 0 Å². The van der Waals surface area contributed by atoms with Crippen molar-refractivity contribution in [2.24, 2.45) is 5.92 Å². The van der Waals surface area contributed by atoms with Crippen molar-refractivity contribution in [1.29, 1.82) is 0 Å². The summed E-state index contributed by atoms with van der Waals surface area (Å²) in [4.78, 5) is 11.9. The monoisotopic (exact) mass is 331 g/mol. The maximum absolute atomic E-state index is 11.9. The highest BCUT2D eigenvalue weighted by molar-refractivity contribution is 7.08. The van der Waals surface area contributed by atoms with Crippen molar-refractivity contribution in [2.45, 2.75) is 31.8 Å². The number of thiophene rings is 1. The van der Waals surface area contributed by atoms with Crippen LogP contribution < -0.4 is 5.32 Å². The highest BCUT2D eigenvalue weighted by atomic mass is 32.1. The summed E-state index contributed by atoms with van der Waals surface area (Å²) in [7, 11) is 0. The maximum atomic E-state index is 11.9. The van der Waals surface area contributed by atoms with Gasteiger partial charge in [0.2, 0.25) is 5.91 Å². The predicted molar refractivity (Wildman–Crippen MR) is 91.2 cm³/mol. The molecule has 1 fully saturated rings. The third-order valence-electron chi connectivity index (χ3n) is 4.27. The first-order valence-electron chi connectivity index (χ1n) is 7.76. The van der Waals surface area contributed by atoms with E-state index in [0.29, 0.717) is 17.6 Å². The molecule has 0 radical (unpaired) electrons. The van der Waals surface area contributed by atoms with Gasteiger partial charge in [0, 0.05) is 12.0 Å². The Bertz CT molecular complexity index is 700. The Morgan fingerprint density at radius 1 is 1.52 bits per heavy atom. The third-order valence-corrected chi connectivity index (χ3v) is 4.95. The average Bonchev–Trinajstić information content (AvgIpc) is 2.99. The van der Waals surface area contributed by atoms with Crippen LogP contribution in [0.4, 0.5) is 0 Å². The normalized spacial score (nSPS) is 22.9. The Labute approximate surface area is 139 Å². The molecule has 5 heteroatoms. The lowest BCUT2D eigenvalue weighted by molar-refractivity contribution is -0.117. The van der Waals surface area contributed by atoms with Gasteiger partial charge in [-0.05, 0) is 59.9 Å². The lowest BCUT2D eigenvalue weighted by atomic mass is 9.99. The summed E-state index contributed by atoms with van der Waals surface area (Å²) in [5.74, 6) is 2.65. The number of carbonyl (C=O) groups is 1. The topological polar surface area (TPSA) is 62.5 Å². The van der Waals surface area contributed by atoms with Crippen LogP contribution in [-0.4, -0.2) is 17.6 Å². The standard InChI is InChI=1S/C18H21NO3S/c1-12-9-15(12)16-5-3-14(22-16)4-6-17(20)19-11-18(2,21)13-7-8-23-10-13/h3-8,10,12,15,21H,9,11H2,1-2H3,(H,19,20). The molecule has 2 heterocycles. The largest absolute Gasteiger partial charge is 0.461 e. The lowest BCUT2D eigenvalue weighted by Crippen LogP contribution is -2.37. The summed E-state index contributed by atoms with van der Waals surface area (Å²) in [6.07, 6.45) is 4.27. The summed E-state index contributed by atoms with van der Waals surface area (Å²) in [6.45, 7) is 4.06. The van der Waals surface area contributed by atoms with Crippen LogP contribution in [0.25, 0.3) is 6.08 Å². The number of nitrogens with one attached hydrogen (secondary N) is 1. The van der Waals surface area contributed by atoms with E-state index in [0.717, 1.165) is 11.3 Å². The van der Waals surface area contributed by atoms with Crippen molar-refractivity contribution in [1.82, 2.24) is 5.32 Å². The van der Waals surface area contributed by atoms with Crippen molar-refractivity contribution >= 4 is 23.3 Å². The van der Waals surface area contributed by atoms with Crippen molar-refractivity contribution in [2.75, 3.05) is 6.54 Å². The molecule has 1 saturated carbocycles. The first kappa shape index (κ1) is 16.0. The van der Waals surface area contributed by atoms with E-state index >= 15 is 0 Å². The van der Waals surface area contributed by atoms with Gasteiger partial charge in [0.05, 0.1) is 6.54 Å². The van der Waals surface area contributed by atoms with Gasteiger partial charge < -0.3 is 14.8 Å². The Morgan fingerprint density at radius 3 is 2.96 bits per heavy atom. The molecule has 2 aromatic heterocycles. The summed E-state index contributed by atoms with van der Waals surface area (Å²) in [5.41, 5.74) is -0.260. The maximum Gasteiger partial charge on any atom is 0.244 e. The van der Waals surface area contributed by atoms with Gasteiger partial charge in [-0.15, -0.1) is 0 Å². The summed E-state index contributed by atoms with van der Waals surface area (Å²) in [5, 5.41) is 16.9. The van der Waals surface area contributed by atoms with Crippen LogP contribution in [0.5, 0.6) is 0 Å². The molecule has 0 bridgehead atoms. The fourth-order valence-corrected chi connectivity index (χ4v) is 3.31. The van der Waals surface area contributed by atoms with Crippen molar-refractivity contribution < 1.29 is 14.3 Å². The first-order chi connectivity index (χ1) is 11.0. The minimum atomic E-state index is -1.07. The zero-order valence-electron chi connectivity index (χ0n) is 13.3. The van der Waals surface area contributed by atoms with Gasteiger partial charge in [0.1, 0.15) is 17.1 Å². The Morgan fingerprint density at radius 2 is 2.30 bits per heavy atom. The number of furan rings is 1. The smallest absolute Gasteiger partial charge is 0.244 e. The van der Waals surface area contributed by atoms with E-state index < -0.39 is 5.60 Å². The molecule has 1 aliphatic rings. The van der Waals surface area contributed by atoms with Crippen LogP contribution in [0, 0.1) is 5.92 Å². The molecule has 3 rings (SSSR count). The van der Waals surface area contributed by atoms with Crippen LogP contribution in [0.3, 0.4) is 0 Å². The zero-order chi connectivity index (χ0) is 16.4. The van der Waals surface area contributed by atoms with Crippen LogP contribution in [0.1, 0.15) is 43.3 Å². The van der Waals surface area contributed by atoms with Gasteiger partial charge in [-0.3, -0.25) is 4.79 Å². The Balaban J connectivity index is 1.52. The minimum absolute atomic E-state index is 0.163. The Kier molecular flexibility index (Phi) is 4.41. The number of rotatable bonds is 6. The molecule has 1 aliphatic carbocycles. The third kappa shape index (κ3) is 3.92. The van der Waals surface area contributed by atoms with Gasteiger partial charge in [0.15, 0.2) is 0 Å². The summed E-state index contributed by atoms with van der Waals surface area (Å²) >= 11 is 1.52. The van der Waals surface area contributed by atoms with Crippen LogP contribution in [-0.2, 0) is 10.4 Å². The van der Waals surface area contributed by atoms with Crippen molar-refractivity contribution in [3.8, 4) is 0 Å². The van der Waals surface area contributed by atoms with Crippen molar-refractivity contribution in [3.63, 3.8) is 0 Å². The van der Waals surface area contributed by atoms with Gasteiger partial charge in [-0.25, -0.2) is 0 Å². The quantitative estimate of drug-likeness (QED) is 0.796. The molecule has 2 N–H and O–H groups in total. The van der Waals surface area contributed by atoms with E-state index in [1.165, 1.54) is 23.8 Å². The number of hydrogen-bond donors (Lipinski definition) is 2. The summed E-state index contributed by atoms with van der Waals surface area (Å²) in [6, 6.07) is 5.72. The highest BCUT2D eigenvalue weighted by Crippen LogP contribution is 2.47. The molecule has 0 spiro atoms. The molecule has 3 atom stereocenters. The van der Waals surface area contributed by atoms with Gasteiger partial charge in [-0.2, -0.15) is 11.3 Å². The van der Waals surface area contributed by atoms with Crippen LogP contribution in [0.15, 0.2) is 39.5 Å². The minimum Gasteiger partial charge on any atom is -0.461 e. The molecule has 2 aromatic rings. The van der Waals surface area contributed by atoms with E-state index in [4.69, 9.17) is 4.42 Å². The average molecular weight is 331 g/mol. The molecular weight excluding hydrogens is 310 g/mol. The molecule has 1 amide bonds. The SMILES string of the molecule is CC1CC1c1ccc(C=CC(=O)NCC(C)(O)c2ccsc2)o1. The second-order valence-corrected chi connectivity index (χ2v) is 7.18. The molecule has 122 valence electrons. The molecule has 23 heavy (non-hydrogen) atoms. The molecule has 4 nitrogen and oxygen atoms in total. The zero-order valence-corrected chi connectivity index (χ0v) is 14.1. The predicted octanol–water partition coefficient (Wildman–Crippen LogP) is 3.50. The number of aliphatic hydroxyl groups is 1. The second-order valence-electron chi connectivity index (χ2n) is 6.40. The molecule has 3 unspecified atom stereocenters. The fraction of sp³-hybridized carbons (Fsp3) is 0.389. The number of amides is 1. The summed E-state index contributed by atoms with van der Waals surface area (Å²) < 4.78 is 5.72. The second kappa shape index (κ2) is 6.34. The van der Waals surface area contributed by atoms with Crippen LogP contribution >= 0.6 is 11.3 Å². The van der Waals surface area contributed by atoms with E-state index in [2.05, 4.69) is 12.2 Å². The molecule has 0 saturated heterocycles. The lowest BCUT2D eigenvalue weighted by Gasteiger charge is -2.22. The van der Waals surface area contributed by atoms with Gasteiger partial charge >= 0.3 is 0 Å². The first-order valence-corrected chi connectivity index (χ1v) is 8.71. The molecular formula is C18H21NO3S.